The van der Waals surface area contributed by atoms with Crippen molar-refractivity contribution in [3.05, 3.63) is 26.6 Å². The summed E-state index contributed by atoms with van der Waals surface area (Å²) in [5, 5.41) is 9.74. The first kappa shape index (κ1) is 21.6. The summed E-state index contributed by atoms with van der Waals surface area (Å²) in [6.45, 7) is 7.75. The zero-order valence-electron chi connectivity index (χ0n) is 14.4. The van der Waals surface area contributed by atoms with Crippen molar-refractivity contribution >= 4 is 45.9 Å². The van der Waals surface area contributed by atoms with E-state index < -0.39 is 20.1 Å². The van der Waals surface area contributed by atoms with Crippen LogP contribution in [0.25, 0.3) is 0 Å². The van der Waals surface area contributed by atoms with Crippen LogP contribution in [0.1, 0.15) is 5.56 Å². The number of hydrogen-bond acceptors (Lipinski definition) is 5. The molecular formula is C16H24Br2O5Si. The van der Waals surface area contributed by atoms with Crippen molar-refractivity contribution in [2.75, 3.05) is 20.5 Å². The molecule has 1 atom stereocenters. The highest BCUT2D eigenvalue weighted by molar-refractivity contribution is 9.11. The number of benzene rings is 1. The van der Waals surface area contributed by atoms with E-state index in [-0.39, 0.29) is 13.2 Å². The molecule has 0 heterocycles. The highest BCUT2D eigenvalue weighted by Crippen LogP contribution is 2.35. The first-order valence-electron chi connectivity index (χ1n) is 7.58. The summed E-state index contributed by atoms with van der Waals surface area (Å²) in [7, 11) is 0.142. The molecule has 1 N–H and O–H groups in total. The first-order valence-corrected chi connectivity index (χ1v) is 12.9. The summed E-state index contributed by atoms with van der Waals surface area (Å²) < 4.78 is 17.1. The van der Waals surface area contributed by atoms with Crippen molar-refractivity contribution in [3.8, 4) is 5.75 Å². The second kappa shape index (κ2) is 9.91. The van der Waals surface area contributed by atoms with Gasteiger partial charge in [-0.1, -0.05) is 19.6 Å². The fraction of sp³-hybridized carbons (Fsp3) is 0.562. The molecule has 1 rings (SSSR count). The van der Waals surface area contributed by atoms with Gasteiger partial charge in [0.2, 0.25) is 0 Å². The van der Waals surface area contributed by atoms with E-state index in [1.165, 1.54) is 7.11 Å². The van der Waals surface area contributed by atoms with Gasteiger partial charge in [-0.2, -0.15) is 0 Å². The summed E-state index contributed by atoms with van der Waals surface area (Å²) in [5.41, 5.74) is 0.777. The van der Waals surface area contributed by atoms with Crippen LogP contribution in [-0.2, 0) is 20.7 Å². The number of carbonyl (C=O) groups excluding carboxylic acids is 1. The van der Waals surface area contributed by atoms with Gasteiger partial charge in [0.25, 0.3) is 0 Å². The number of aliphatic hydroxyl groups is 1. The van der Waals surface area contributed by atoms with E-state index in [1.54, 1.807) is 12.1 Å². The van der Waals surface area contributed by atoms with Crippen LogP contribution in [0.2, 0.25) is 25.7 Å². The average Bonchev–Trinajstić information content (AvgIpc) is 2.47. The van der Waals surface area contributed by atoms with Gasteiger partial charge in [-0.3, -0.25) is 0 Å². The van der Waals surface area contributed by atoms with Crippen LogP contribution >= 0.6 is 31.9 Å². The molecule has 1 aromatic carbocycles. The number of ether oxygens (including phenoxy) is 3. The van der Waals surface area contributed by atoms with Gasteiger partial charge in [-0.05, 0) is 55.6 Å². The number of hydrogen-bond donors (Lipinski definition) is 1. The molecule has 0 saturated carbocycles. The monoisotopic (exact) mass is 482 g/mol. The van der Waals surface area contributed by atoms with Crippen LogP contribution in [0.15, 0.2) is 21.1 Å². The maximum absolute atomic E-state index is 11.3. The molecule has 0 bridgehead atoms. The normalized spacial score (nSPS) is 12.8. The van der Waals surface area contributed by atoms with E-state index in [9.17, 15) is 9.90 Å². The molecule has 0 amide bonds. The number of aliphatic hydroxyl groups excluding tert-OH is 1. The molecular weight excluding hydrogens is 460 g/mol. The van der Waals surface area contributed by atoms with Crippen LogP contribution in [0.5, 0.6) is 5.75 Å². The standard InChI is InChI=1S/C16H24Br2O5Si/c1-21-16(20)14(19)9-11-7-12(17)15(13(18)8-11)23-10-22-5-6-24(2,3)4/h7-8,14,19H,5-6,9-10H2,1-4H3/t14-/m1/s1. The van der Waals surface area contributed by atoms with E-state index in [1.807, 2.05) is 0 Å². The Balaban J connectivity index is 2.60. The van der Waals surface area contributed by atoms with Crippen LogP contribution < -0.4 is 4.74 Å². The Bertz CT molecular complexity index is 537. The van der Waals surface area contributed by atoms with E-state index in [0.29, 0.717) is 12.4 Å². The molecule has 0 aliphatic carbocycles. The fourth-order valence-corrected chi connectivity index (χ4v) is 4.12. The predicted octanol–water partition coefficient (Wildman–Crippen LogP) is 3.98. The lowest BCUT2D eigenvalue weighted by atomic mass is 10.1. The quantitative estimate of drug-likeness (QED) is 0.249. The van der Waals surface area contributed by atoms with Crippen molar-refractivity contribution in [1.82, 2.24) is 0 Å². The number of methoxy groups -OCH3 is 1. The summed E-state index contributed by atoms with van der Waals surface area (Å²) in [6, 6.07) is 4.69. The van der Waals surface area contributed by atoms with Crippen molar-refractivity contribution in [1.29, 1.82) is 0 Å². The van der Waals surface area contributed by atoms with Crippen molar-refractivity contribution < 1.29 is 24.1 Å². The lowest BCUT2D eigenvalue weighted by molar-refractivity contribution is -0.150. The molecule has 0 aromatic heterocycles. The zero-order chi connectivity index (χ0) is 18.3. The maximum atomic E-state index is 11.3. The minimum absolute atomic E-state index is 0.164. The average molecular weight is 484 g/mol. The van der Waals surface area contributed by atoms with Gasteiger partial charge in [0.05, 0.1) is 16.1 Å². The molecule has 0 aliphatic heterocycles. The highest BCUT2D eigenvalue weighted by atomic mass is 79.9. The Labute approximate surface area is 160 Å². The van der Waals surface area contributed by atoms with E-state index in [4.69, 9.17) is 9.47 Å². The second-order valence-electron chi connectivity index (χ2n) is 6.61. The Kier molecular flexibility index (Phi) is 8.93. The molecule has 0 unspecified atom stereocenters. The highest BCUT2D eigenvalue weighted by Gasteiger charge is 2.18. The van der Waals surface area contributed by atoms with Crippen LogP contribution in [-0.4, -0.2) is 45.8 Å². The Morgan fingerprint density at radius 3 is 2.33 bits per heavy atom. The third-order valence-corrected chi connectivity index (χ3v) is 6.13. The lowest BCUT2D eigenvalue weighted by Crippen LogP contribution is -2.24. The predicted molar refractivity (Wildman–Crippen MR) is 103 cm³/mol. The first-order chi connectivity index (χ1) is 11.1. The van der Waals surface area contributed by atoms with Gasteiger partial charge in [0.15, 0.2) is 18.6 Å². The molecule has 8 heteroatoms. The number of esters is 1. The molecule has 0 spiro atoms. The van der Waals surface area contributed by atoms with E-state index >= 15 is 0 Å². The smallest absolute Gasteiger partial charge is 0.335 e. The lowest BCUT2D eigenvalue weighted by Gasteiger charge is -2.16. The molecule has 0 aliphatic rings. The summed E-state index contributed by atoms with van der Waals surface area (Å²) in [4.78, 5) is 11.3. The fourth-order valence-electron chi connectivity index (χ4n) is 1.85. The Hall–Kier alpha value is -0.413. The molecule has 0 saturated heterocycles. The molecule has 1 aromatic rings. The minimum atomic E-state index is -1.19. The van der Waals surface area contributed by atoms with Gasteiger partial charge in [-0.25, -0.2) is 4.79 Å². The van der Waals surface area contributed by atoms with Crippen LogP contribution in [0, 0.1) is 0 Å². The second-order valence-corrected chi connectivity index (χ2v) is 13.9. The van der Waals surface area contributed by atoms with Crippen LogP contribution in [0.4, 0.5) is 0 Å². The van der Waals surface area contributed by atoms with Crippen molar-refractivity contribution in [2.24, 2.45) is 0 Å². The molecule has 0 fully saturated rings. The van der Waals surface area contributed by atoms with Gasteiger partial charge in [-0.15, -0.1) is 0 Å². The zero-order valence-corrected chi connectivity index (χ0v) is 18.6. The van der Waals surface area contributed by atoms with Gasteiger partial charge in [0, 0.05) is 21.1 Å². The van der Waals surface area contributed by atoms with Gasteiger partial charge in [0.1, 0.15) is 0 Å². The van der Waals surface area contributed by atoms with E-state index in [0.717, 1.165) is 20.6 Å². The third-order valence-electron chi connectivity index (χ3n) is 3.24. The summed E-state index contributed by atoms with van der Waals surface area (Å²) in [6.07, 6.45) is -1.03. The maximum Gasteiger partial charge on any atom is 0.335 e. The molecule has 0 radical (unpaired) electrons. The largest absolute Gasteiger partial charge is 0.467 e. The minimum Gasteiger partial charge on any atom is -0.467 e. The SMILES string of the molecule is COC(=O)[C@H](O)Cc1cc(Br)c(OCOCC[Si](C)(C)C)c(Br)c1. The summed E-state index contributed by atoms with van der Waals surface area (Å²) >= 11 is 6.88. The molecule has 136 valence electrons. The van der Waals surface area contributed by atoms with Crippen molar-refractivity contribution in [2.45, 2.75) is 38.2 Å². The number of carbonyl (C=O) groups is 1. The Morgan fingerprint density at radius 1 is 1.25 bits per heavy atom. The third kappa shape index (κ3) is 7.65. The topological polar surface area (TPSA) is 65.0 Å². The van der Waals surface area contributed by atoms with Gasteiger partial charge < -0.3 is 19.3 Å². The van der Waals surface area contributed by atoms with Gasteiger partial charge >= 0.3 is 5.97 Å². The number of rotatable bonds is 9. The van der Waals surface area contributed by atoms with Crippen LogP contribution in [0.3, 0.4) is 0 Å². The molecule has 5 nitrogen and oxygen atoms in total. The molecule has 24 heavy (non-hydrogen) atoms. The Morgan fingerprint density at radius 2 is 1.83 bits per heavy atom. The number of halogens is 2. The summed E-state index contributed by atoms with van der Waals surface area (Å²) in [5.74, 6) is -0.0299. The van der Waals surface area contributed by atoms with Crippen molar-refractivity contribution in [3.63, 3.8) is 0 Å². The van der Waals surface area contributed by atoms with E-state index in [2.05, 4.69) is 56.2 Å².